The van der Waals surface area contributed by atoms with Crippen LogP contribution in [0.4, 0.5) is 0 Å². The summed E-state index contributed by atoms with van der Waals surface area (Å²) in [5.41, 5.74) is 3.50. The summed E-state index contributed by atoms with van der Waals surface area (Å²) in [7, 11) is -1.11. The first-order valence-corrected chi connectivity index (χ1v) is 9.89. The standard InChI is InChI=1S/C16H23N3O3S/c1-19(14-5-6-23(21,22)11-14)10-16(20)18-9-12-7-13-3-2-4-15(13)17-8-12/h7-8,14H,2-6,9-11H2,1H3,(H,18,20). The maximum absolute atomic E-state index is 12.1. The van der Waals surface area contributed by atoms with Gasteiger partial charge in [0.25, 0.3) is 0 Å². The quantitative estimate of drug-likeness (QED) is 0.836. The van der Waals surface area contributed by atoms with Crippen LogP contribution in [0.1, 0.15) is 29.7 Å². The summed E-state index contributed by atoms with van der Waals surface area (Å²) in [6, 6.07) is 2.08. The van der Waals surface area contributed by atoms with Gasteiger partial charge < -0.3 is 5.32 Å². The van der Waals surface area contributed by atoms with Crippen LogP contribution in [0.3, 0.4) is 0 Å². The summed E-state index contributed by atoms with van der Waals surface area (Å²) in [6.45, 7) is 0.689. The van der Waals surface area contributed by atoms with Crippen molar-refractivity contribution >= 4 is 15.7 Å². The number of nitrogens with one attached hydrogen (secondary N) is 1. The molecule has 1 aromatic heterocycles. The number of hydrogen-bond donors (Lipinski definition) is 1. The number of likely N-dealkylation sites (N-methyl/N-ethyl adjacent to an activating group) is 1. The van der Waals surface area contributed by atoms with E-state index in [1.807, 2.05) is 18.1 Å². The molecule has 1 aromatic rings. The molecule has 0 bridgehead atoms. The van der Waals surface area contributed by atoms with E-state index in [1.54, 1.807) is 0 Å². The highest BCUT2D eigenvalue weighted by molar-refractivity contribution is 7.91. The molecule has 1 aliphatic carbocycles. The smallest absolute Gasteiger partial charge is 0.234 e. The van der Waals surface area contributed by atoms with Gasteiger partial charge in [-0.15, -0.1) is 0 Å². The molecule has 3 rings (SSSR count). The minimum atomic E-state index is -2.92. The van der Waals surface area contributed by atoms with Gasteiger partial charge in [0, 0.05) is 24.5 Å². The molecule has 7 heteroatoms. The summed E-state index contributed by atoms with van der Waals surface area (Å²) in [5.74, 6) is 0.299. The second-order valence-corrected chi connectivity index (χ2v) is 8.78. The third-order valence-electron chi connectivity index (χ3n) is 4.69. The van der Waals surface area contributed by atoms with Gasteiger partial charge in [0.1, 0.15) is 0 Å². The normalized spacial score (nSPS) is 22.3. The van der Waals surface area contributed by atoms with E-state index in [9.17, 15) is 13.2 Å². The van der Waals surface area contributed by atoms with Crippen molar-refractivity contribution in [2.24, 2.45) is 0 Å². The lowest BCUT2D eigenvalue weighted by Crippen LogP contribution is -2.41. The van der Waals surface area contributed by atoms with E-state index in [2.05, 4.69) is 16.4 Å². The Bertz CT molecular complexity index is 703. The van der Waals surface area contributed by atoms with Gasteiger partial charge in [-0.3, -0.25) is 14.7 Å². The van der Waals surface area contributed by atoms with Crippen LogP contribution in [0.15, 0.2) is 12.3 Å². The lowest BCUT2D eigenvalue weighted by molar-refractivity contribution is -0.122. The van der Waals surface area contributed by atoms with Crippen molar-refractivity contribution in [2.75, 3.05) is 25.1 Å². The van der Waals surface area contributed by atoms with E-state index >= 15 is 0 Å². The third-order valence-corrected chi connectivity index (χ3v) is 6.44. The van der Waals surface area contributed by atoms with Crippen molar-refractivity contribution in [1.82, 2.24) is 15.2 Å². The molecular formula is C16H23N3O3S. The molecule has 0 radical (unpaired) electrons. The fraction of sp³-hybridized carbons (Fsp3) is 0.625. The van der Waals surface area contributed by atoms with Crippen LogP contribution in [0.2, 0.25) is 0 Å². The van der Waals surface area contributed by atoms with E-state index in [0.29, 0.717) is 13.0 Å². The van der Waals surface area contributed by atoms with Gasteiger partial charge in [-0.25, -0.2) is 8.42 Å². The number of rotatable bonds is 5. The summed E-state index contributed by atoms with van der Waals surface area (Å²) < 4.78 is 23.0. The number of aromatic nitrogens is 1. The van der Waals surface area contributed by atoms with E-state index in [4.69, 9.17) is 0 Å². The summed E-state index contributed by atoms with van der Waals surface area (Å²) >= 11 is 0. The lowest BCUT2D eigenvalue weighted by atomic mass is 10.1. The molecule has 1 N–H and O–H groups in total. The molecule has 1 unspecified atom stereocenters. The largest absolute Gasteiger partial charge is 0.351 e. The first-order valence-electron chi connectivity index (χ1n) is 8.07. The van der Waals surface area contributed by atoms with Crippen LogP contribution in [-0.2, 0) is 34.0 Å². The molecule has 1 fully saturated rings. The Kier molecular flexibility index (Phi) is 4.68. The molecule has 0 aromatic carbocycles. The molecule has 2 aliphatic rings. The Morgan fingerprint density at radius 3 is 3.00 bits per heavy atom. The fourth-order valence-corrected chi connectivity index (χ4v) is 5.11. The Morgan fingerprint density at radius 2 is 2.26 bits per heavy atom. The Morgan fingerprint density at radius 1 is 1.43 bits per heavy atom. The molecule has 1 saturated heterocycles. The number of pyridine rings is 1. The number of nitrogens with zero attached hydrogens (tertiary/aromatic N) is 2. The van der Waals surface area contributed by atoms with Crippen LogP contribution in [-0.4, -0.2) is 55.3 Å². The topological polar surface area (TPSA) is 79.4 Å². The van der Waals surface area contributed by atoms with Gasteiger partial charge in [-0.05, 0) is 43.9 Å². The Balaban J connectivity index is 1.48. The fourth-order valence-electron chi connectivity index (χ4n) is 3.31. The van der Waals surface area contributed by atoms with Crippen molar-refractivity contribution in [3.05, 3.63) is 29.1 Å². The number of carbonyl (C=O) groups excluding carboxylic acids is 1. The molecule has 0 saturated carbocycles. The zero-order valence-corrected chi connectivity index (χ0v) is 14.2. The maximum atomic E-state index is 12.1. The first-order chi connectivity index (χ1) is 10.9. The van der Waals surface area contributed by atoms with Crippen LogP contribution < -0.4 is 5.32 Å². The highest BCUT2D eigenvalue weighted by atomic mass is 32.2. The SMILES string of the molecule is CN(CC(=O)NCc1cnc2c(c1)CCC2)C1CCS(=O)(=O)C1. The number of aryl methyl sites for hydroxylation is 2. The van der Waals surface area contributed by atoms with Crippen LogP contribution >= 0.6 is 0 Å². The number of amides is 1. The van der Waals surface area contributed by atoms with Crippen molar-refractivity contribution < 1.29 is 13.2 Å². The van der Waals surface area contributed by atoms with Gasteiger partial charge >= 0.3 is 0 Å². The number of fused-ring (bicyclic) bond motifs is 1. The second kappa shape index (κ2) is 6.57. The lowest BCUT2D eigenvalue weighted by Gasteiger charge is -2.22. The summed E-state index contributed by atoms with van der Waals surface area (Å²) in [6.07, 6.45) is 5.73. The minimum absolute atomic E-state index is 0.0487. The van der Waals surface area contributed by atoms with Crippen molar-refractivity contribution in [2.45, 2.75) is 38.3 Å². The number of carbonyl (C=O) groups is 1. The van der Waals surface area contributed by atoms with E-state index < -0.39 is 9.84 Å². The van der Waals surface area contributed by atoms with Gasteiger partial charge in [-0.2, -0.15) is 0 Å². The van der Waals surface area contributed by atoms with Gasteiger partial charge in [0.05, 0.1) is 18.1 Å². The molecule has 0 spiro atoms. The molecule has 126 valence electrons. The summed E-state index contributed by atoms with van der Waals surface area (Å²) in [5, 5.41) is 2.90. The van der Waals surface area contributed by atoms with Crippen LogP contribution in [0.25, 0.3) is 0 Å². The first kappa shape index (κ1) is 16.4. The van der Waals surface area contributed by atoms with E-state index in [0.717, 1.165) is 24.8 Å². The molecule has 2 heterocycles. The number of hydrogen-bond acceptors (Lipinski definition) is 5. The third kappa shape index (κ3) is 4.09. The number of sulfone groups is 1. The van der Waals surface area contributed by atoms with Crippen molar-refractivity contribution in [3.8, 4) is 0 Å². The van der Waals surface area contributed by atoms with Crippen LogP contribution in [0, 0.1) is 0 Å². The Labute approximate surface area is 137 Å². The van der Waals surface area contributed by atoms with Gasteiger partial charge in [-0.1, -0.05) is 6.07 Å². The average Bonchev–Trinajstić information content (AvgIpc) is 3.10. The van der Waals surface area contributed by atoms with E-state index in [1.165, 1.54) is 11.3 Å². The van der Waals surface area contributed by atoms with Crippen molar-refractivity contribution in [3.63, 3.8) is 0 Å². The predicted molar refractivity (Wildman–Crippen MR) is 87.8 cm³/mol. The second-order valence-electron chi connectivity index (χ2n) is 6.55. The highest BCUT2D eigenvalue weighted by Crippen LogP contribution is 2.20. The molecular weight excluding hydrogens is 314 g/mol. The van der Waals surface area contributed by atoms with Crippen molar-refractivity contribution in [1.29, 1.82) is 0 Å². The maximum Gasteiger partial charge on any atom is 0.234 e. The molecule has 23 heavy (non-hydrogen) atoms. The van der Waals surface area contributed by atoms with E-state index in [-0.39, 0.29) is 30.0 Å². The zero-order chi connectivity index (χ0) is 16.4. The Hall–Kier alpha value is -1.47. The van der Waals surface area contributed by atoms with Crippen LogP contribution in [0.5, 0.6) is 0 Å². The van der Waals surface area contributed by atoms with Gasteiger partial charge in [0.2, 0.25) is 5.91 Å². The molecule has 1 atom stereocenters. The molecule has 6 nitrogen and oxygen atoms in total. The predicted octanol–water partition coefficient (Wildman–Crippen LogP) is 0.305. The molecule has 1 aliphatic heterocycles. The zero-order valence-electron chi connectivity index (χ0n) is 13.4. The highest BCUT2D eigenvalue weighted by Gasteiger charge is 2.31. The van der Waals surface area contributed by atoms with Gasteiger partial charge in [0.15, 0.2) is 9.84 Å². The minimum Gasteiger partial charge on any atom is -0.351 e. The monoisotopic (exact) mass is 337 g/mol. The summed E-state index contributed by atoms with van der Waals surface area (Å²) in [4.78, 5) is 18.3. The molecule has 1 amide bonds. The average molecular weight is 337 g/mol.